The number of anilines is 1. The second kappa shape index (κ2) is 11.3. The summed E-state index contributed by atoms with van der Waals surface area (Å²) in [6.07, 6.45) is 0.909. The van der Waals surface area contributed by atoms with Crippen LogP contribution in [0, 0.1) is 0 Å². The van der Waals surface area contributed by atoms with Crippen LogP contribution in [0.15, 0.2) is 42.5 Å². The summed E-state index contributed by atoms with van der Waals surface area (Å²) < 4.78 is 0. The second-order valence-electron chi connectivity index (χ2n) is 7.52. The lowest BCUT2D eigenvalue weighted by Crippen LogP contribution is -2.50. The van der Waals surface area contributed by atoms with Gasteiger partial charge in [-0.3, -0.25) is 19.3 Å². The zero-order valence-corrected chi connectivity index (χ0v) is 19.4. The van der Waals surface area contributed by atoms with Gasteiger partial charge in [-0.25, -0.2) is 0 Å². The third kappa shape index (κ3) is 6.45. The highest BCUT2D eigenvalue weighted by atomic mass is 35.5. The maximum absolute atomic E-state index is 12.6. The van der Waals surface area contributed by atoms with E-state index in [4.69, 9.17) is 23.2 Å². The molecule has 1 saturated heterocycles. The molecule has 9 heteroatoms. The first-order valence-electron chi connectivity index (χ1n) is 10.5. The topological polar surface area (TPSA) is 81.8 Å². The first kappa shape index (κ1) is 24.0. The number of carbonyl (C=O) groups is 3. The summed E-state index contributed by atoms with van der Waals surface area (Å²) in [5, 5.41) is 6.01. The Morgan fingerprint density at radius 1 is 0.906 bits per heavy atom. The molecule has 32 heavy (non-hydrogen) atoms. The molecule has 0 unspecified atom stereocenters. The van der Waals surface area contributed by atoms with Gasteiger partial charge in [0, 0.05) is 50.5 Å². The van der Waals surface area contributed by atoms with Gasteiger partial charge in [-0.1, -0.05) is 42.3 Å². The Balaban J connectivity index is 1.38. The maximum Gasteiger partial charge on any atom is 0.313 e. The fraction of sp³-hybridized carbons (Fsp3) is 0.348. The van der Waals surface area contributed by atoms with Crippen molar-refractivity contribution in [2.45, 2.75) is 13.3 Å². The van der Waals surface area contributed by atoms with Gasteiger partial charge in [0.05, 0.1) is 10.0 Å². The number of amides is 3. The summed E-state index contributed by atoms with van der Waals surface area (Å²) in [5.74, 6) is -1.44. The molecule has 1 aliphatic rings. The van der Waals surface area contributed by atoms with Gasteiger partial charge >= 0.3 is 11.8 Å². The van der Waals surface area contributed by atoms with E-state index in [1.54, 1.807) is 35.2 Å². The highest BCUT2D eigenvalue weighted by Gasteiger charge is 2.23. The zero-order valence-electron chi connectivity index (χ0n) is 17.9. The standard InChI is InChI=1S/C23H26Cl2N4O3/c1-2-16-3-6-18(7-4-16)27-22(31)21(30)26-9-10-28-11-13-29(14-12-28)23(32)17-5-8-19(24)20(25)15-17/h3-8,15H,2,9-14H2,1H3,(H,26,30)(H,27,31). The number of piperazine rings is 1. The van der Waals surface area contributed by atoms with Crippen LogP contribution in [0.5, 0.6) is 0 Å². The van der Waals surface area contributed by atoms with E-state index in [9.17, 15) is 14.4 Å². The highest BCUT2D eigenvalue weighted by Crippen LogP contribution is 2.23. The van der Waals surface area contributed by atoms with Gasteiger partial charge in [0.2, 0.25) is 0 Å². The number of nitrogens with one attached hydrogen (secondary N) is 2. The molecular weight excluding hydrogens is 451 g/mol. The van der Waals surface area contributed by atoms with Crippen molar-refractivity contribution in [1.29, 1.82) is 0 Å². The minimum Gasteiger partial charge on any atom is -0.347 e. The molecule has 0 radical (unpaired) electrons. The molecule has 0 atom stereocenters. The minimum atomic E-state index is -0.689. The summed E-state index contributed by atoms with van der Waals surface area (Å²) in [4.78, 5) is 40.6. The van der Waals surface area contributed by atoms with Crippen LogP contribution in [-0.2, 0) is 16.0 Å². The first-order valence-corrected chi connectivity index (χ1v) is 11.3. The van der Waals surface area contributed by atoms with Crippen molar-refractivity contribution in [3.63, 3.8) is 0 Å². The van der Waals surface area contributed by atoms with Crippen molar-refractivity contribution in [1.82, 2.24) is 15.1 Å². The molecule has 0 spiro atoms. The Morgan fingerprint density at radius 2 is 1.59 bits per heavy atom. The average Bonchev–Trinajstić information content (AvgIpc) is 2.81. The predicted octanol–water partition coefficient (Wildman–Crippen LogP) is 3.07. The highest BCUT2D eigenvalue weighted by molar-refractivity contribution is 6.42. The van der Waals surface area contributed by atoms with Gasteiger partial charge in [-0.2, -0.15) is 0 Å². The number of hydrogen-bond acceptors (Lipinski definition) is 4. The molecule has 1 fully saturated rings. The lowest BCUT2D eigenvalue weighted by molar-refractivity contribution is -0.136. The number of benzene rings is 2. The third-order valence-electron chi connectivity index (χ3n) is 5.37. The summed E-state index contributed by atoms with van der Waals surface area (Å²) in [6, 6.07) is 12.3. The summed E-state index contributed by atoms with van der Waals surface area (Å²) >= 11 is 11.9. The molecule has 2 aromatic carbocycles. The monoisotopic (exact) mass is 476 g/mol. The molecule has 170 valence electrons. The van der Waals surface area contributed by atoms with Gasteiger partial charge in [-0.05, 0) is 42.3 Å². The van der Waals surface area contributed by atoms with E-state index >= 15 is 0 Å². The molecule has 0 saturated carbocycles. The molecule has 1 aliphatic heterocycles. The smallest absolute Gasteiger partial charge is 0.313 e. The largest absolute Gasteiger partial charge is 0.347 e. The first-order chi connectivity index (χ1) is 15.4. The van der Waals surface area contributed by atoms with Crippen LogP contribution in [0.3, 0.4) is 0 Å². The molecular formula is C23H26Cl2N4O3. The van der Waals surface area contributed by atoms with Crippen LogP contribution >= 0.6 is 23.2 Å². The molecule has 0 aliphatic carbocycles. The predicted molar refractivity (Wildman–Crippen MR) is 126 cm³/mol. The number of halogens is 2. The van der Waals surface area contributed by atoms with Crippen LogP contribution in [-0.4, -0.2) is 66.8 Å². The van der Waals surface area contributed by atoms with Crippen LogP contribution in [0.4, 0.5) is 5.69 Å². The van der Waals surface area contributed by atoms with Crippen molar-refractivity contribution in [3.8, 4) is 0 Å². The van der Waals surface area contributed by atoms with E-state index in [1.165, 1.54) is 0 Å². The van der Waals surface area contributed by atoms with Gasteiger partial charge in [0.15, 0.2) is 0 Å². The molecule has 2 N–H and O–H groups in total. The SMILES string of the molecule is CCc1ccc(NC(=O)C(=O)NCCN2CCN(C(=O)c3ccc(Cl)c(Cl)c3)CC2)cc1. The van der Waals surface area contributed by atoms with Crippen molar-refractivity contribution in [2.24, 2.45) is 0 Å². The van der Waals surface area contributed by atoms with Crippen molar-refractivity contribution in [3.05, 3.63) is 63.6 Å². The van der Waals surface area contributed by atoms with Crippen molar-refractivity contribution < 1.29 is 14.4 Å². The van der Waals surface area contributed by atoms with Crippen LogP contribution < -0.4 is 10.6 Å². The molecule has 1 heterocycles. The van der Waals surface area contributed by atoms with E-state index in [2.05, 4.69) is 22.5 Å². The van der Waals surface area contributed by atoms with Crippen molar-refractivity contribution >= 4 is 46.6 Å². The molecule has 2 aromatic rings. The number of carbonyl (C=O) groups excluding carboxylic acids is 3. The van der Waals surface area contributed by atoms with Gasteiger partial charge < -0.3 is 15.5 Å². The fourth-order valence-electron chi connectivity index (χ4n) is 3.41. The Morgan fingerprint density at radius 3 is 2.22 bits per heavy atom. The summed E-state index contributed by atoms with van der Waals surface area (Å²) in [5.41, 5.74) is 2.26. The van der Waals surface area contributed by atoms with E-state index < -0.39 is 11.8 Å². The summed E-state index contributed by atoms with van der Waals surface area (Å²) in [6.45, 7) is 5.50. The van der Waals surface area contributed by atoms with Gasteiger partial charge in [-0.15, -0.1) is 0 Å². The number of hydrogen-bond donors (Lipinski definition) is 2. The molecule has 0 aromatic heterocycles. The zero-order chi connectivity index (χ0) is 23.1. The second-order valence-corrected chi connectivity index (χ2v) is 8.34. The van der Waals surface area contributed by atoms with Crippen LogP contribution in [0.25, 0.3) is 0 Å². The van der Waals surface area contributed by atoms with Gasteiger partial charge in [0.25, 0.3) is 5.91 Å². The summed E-state index contributed by atoms with van der Waals surface area (Å²) in [7, 11) is 0. The Bertz CT molecular complexity index is 974. The van der Waals surface area contributed by atoms with E-state index in [-0.39, 0.29) is 5.91 Å². The number of rotatable bonds is 6. The maximum atomic E-state index is 12.6. The van der Waals surface area contributed by atoms with E-state index in [0.29, 0.717) is 60.6 Å². The van der Waals surface area contributed by atoms with E-state index in [1.807, 2.05) is 12.1 Å². The minimum absolute atomic E-state index is 0.0832. The van der Waals surface area contributed by atoms with Gasteiger partial charge in [0.1, 0.15) is 0 Å². The number of aryl methyl sites for hydroxylation is 1. The van der Waals surface area contributed by atoms with Crippen molar-refractivity contribution in [2.75, 3.05) is 44.6 Å². The molecule has 3 amide bonds. The lowest BCUT2D eigenvalue weighted by Gasteiger charge is -2.34. The van der Waals surface area contributed by atoms with Crippen LogP contribution in [0.2, 0.25) is 10.0 Å². The average molecular weight is 477 g/mol. The van der Waals surface area contributed by atoms with Crippen LogP contribution in [0.1, 0.15) is 22.8 Å². The van der Waals surface area contributed by atoms with E-state index in [0.717, 1.165) is 12.0 Å². The molecule has 7 nitrogen and oxygen atoms in total. The Kier molecular flexibility index (Phi) is 8.50. The Labute approximate surface area is 197 Å². The normalized spacial score (nSPS) is 14.2. The fourth-order valence-corrected chi connectivity index (χ4v) is 3.70. The molecule has 0 bridgehead atoms. The number of nitrogens with zero attached hydrogens (tertiary/aromatic N) is 2. The lowest BCUT2D eigenvalue weighted by atomic mass is 10.1. The molecule has 3 rings (SSSR count). The Hall–Kier alpha value is -2.61. The third-order valence-corrected chi connectivity index (χ3v) is 6.10. The quantitative estimate of drug-likeness (QED) is 0.627.